The molecule has 0 aliphatic carbocycles. The lowest BCUT2D eigenvalue weighted by Crippen LogP contribution is -2.36. The van der Waals surface area contributed by atoms with Crippen molar-refractivity contribution in [2.45, 2.75) is 12.6 Å². The number of benzene rings is 2. The minimum Gasteiger partial charge on any atom is -0.481 e. The first-order valence-electron chi connectivity index (χ1n) is 8.26. The normalized spacial score (nSPS) is 10.5. The van der Waals surface area contributed by atoms with E-state index in [9.17, 15) is 18.0 Å². The highest BCUT2D eigenvalue weighted by atomic mass is 19.4. The molecule has 0 radical (unpaired) electrons. The van der Waals surface area contributed by atoms with Crippen molar-refractivity contribution in [3.63, 3.8) is 0 Å². The number of urea groups is 1. The highest BCUT2D eigenvalue weighted by Crippen LogP contribution is 2.31. The van der Waals surface area contributed by atoms with Gasteiger partial charge in [-0.1, -0.05) is 48.2 Å². The van der Waals surface area contributed by atoms with Crippen molar-refractivity contribution in [1.82, 2.24) is 10.6 Å². The molecule has 0 aliphatic heterocycles. The fraction of sp³-hybridized carbons (Fsp3) is 0.250. The molecule has 2 amide bonds. The van der Waals surface area contributed by atoms with Gasteiger partial charge in [-0.25, -0.2) is 4.79 Å². The lowest BCUT2D eigenvalue weighted by molar-refractivity contribution is -0.137. The molecule has 0 aliphatic rings. The van der Waals surface area contributed by atoms with Gasteiger partial charge in [-0.15, -0.1) is 0 Å². The van der Waals surface area contributed by atoms with E-state index < -0.39 is 11.7 Å². The first kappa shape index (κ1) is 20.2. The van der Waals surface area contributed by atoms with E-state index in [1.165, 1.54) is 12.1 Å². The fourth-order valence-electron chi connectivity index (χ4n) is 2.15. The molecule has 2 N–H and O–H groups in total. The Bertz CT molecular complexity index is 796. The second kappa shape index (κ2) is 10.1. The summed E-state index contributed by atoms with van der Waals surface area (Å²) in [6.45, 7) is 0.545. The summed E-state index contributed by atoms with van der Waals surface area (Å²) in [5.41, 5.74) is 0.353. The van der Waals surface area contributed by atoms with Gasteiger partial charge in [-0.3, -0.25) is 0 Å². The zero-order valence-electron chi connectivity index (χ0n) is 14.5. The van der Waals surface area contributed by atoms with Crippen molar-refractivity contribution in [1.29, 1.82) is 0 Å². The van der Waals surface area contributed by atoms with Gasteiger partial charge in [0, 0.05) is 6.54 Å². The van der Waals surface area contributed by atoms with Crippen LogP contribution >= 0.6 is 0 Å². The summed E-state index contributed by atoms with van der Waals surface area (Å²) in [4.78, 5) is 11.6. The number of amides is 2. The number of hydrogen-bond acceptors (Lipinski definition) is 2. The number of alkyl halides is 3. The predicted molar refractivity (Wildman–Crippen MR) is 96.3 cm³/mol. The van der Waals surface area contributed by atoms with Crippen molar-refractivity contribution in [2.75, 3.05) is 19.7 Å². The quantitative estimate of drug-likeness (QED) is 0.757. The van der Waals surface area contributed by atoms with E-state index >= 15 is 0 Å². The van der Waals surface area contributed by atoms with Crippen LogP contribution in [0.4, 0.5) is 18.0 Å². The Morgan fingerprint density at radius 3 is 2.52 bits per heavy atom. The molecule has 27 heavy (non-hydrogen) atoms. The Hall–Kier alpha value is -3.14. The molecule has 2 aromatic carbocycles. The van der Waals surface area contributed by atoms with E-state index in [0.29, 0.717) is 6.54 Å². The molecule has 0 heterocycles. The lowest BCUT2D eigenvalue weighted by atomic mass is 10.1. The van der Waals surface area contributed by atoms with E-state index in [1.807, 2.05) is 30.3 Å². The van der Waals surface area contributed by atoms with Crippen LogP contribution in [-0.2, 0) is 12.6 Å². The van der Waals surface area contributed by atoms with Gasteiger partial charge >= 0.3 is 12.2 Å². The van der Waals surface area contributed by atoms with E-state index in [-0.39, 0.29) is 24.9 Å². The second-order valence-corrected chi connectivity index (χ2v) is 5.51. The predicted octanol–water partition coefficient (Wildman–Crippen LogP) is 3.63. The zero-order chi connectivity index (χ0) is 19.5. The standard InChI is InChI=1S/C20H19F3N2O2/c21-20(22,23)17-9-6-10-18(15-17)27-14-5-4-12-24-19(26)25-13-11-16-7-2-1-3-8-16/h1-3,6-10,15H,11-14H2,(H2,24,25,26). The Labute approximate surface area is 155 Å². The minimum atomic E-state index is -4.41. The van der Waals surface area contributed by atoms with Gasteiger partial charge in [0.1, 0.15) is 12.4 Å². The highest BCUT2D eigenvalue weighted by Gasteiger charge is 2.30. The van der Waals surface area contributed by atoms with Crippen LogP contribution < -0.4 is 15.4 Å². The molecule has 0 atom stereocenters. The van der Waals surface area contributed by atoms with Crippen LogP contribution in [0.5, 0.6) is 5.75 Å². The lowest BCUT2D eigenvalue weighted by Gasteiger charge is -2.08. The Morgan fingerprint density at radius 1 is 1.00 bits per heavy atom. The number of hydrogen-bond donors (Lipinski definition) is 2. The van der Waals surface area contributed by atoms with Crippen molar-refractivity contribution < 1.29 is 22.7 Å². The molecule has 0 unspecified atom stereocenters. The molecule has 0 saturated heterocycles. The molecule has 2 rings (SSSR count). The number of carbonyl (C=O) groups is 1. The molecule has 4 nitrogen and oxygen atoms in total. The van der Waals surface area contributed by atoms with Gasteiger partial charge in [-0.05, 0) is 30.2 Å². The summed E-state index contributed by atoms with van der Waals surface area (Å²) in [5, 5.41) is 5.28. The van der Waals surface area contributed by atoms with Crippen LogP contribution in [0.2, 0.25) is 0 Å². The van der Waals surface area contributed by atoms with Crippen LogP contribution in [0, 0.1) is 11.8 Å². The third kappa shape index (κ3) is 7.74. The van der Waals surface area contributed by atoms with E-state index in [0.717, 1.165) is 24.1 Å². The maximum absolute atomic E-state index is 12.6. The van der Waals surface area contributed by atoms with Crippen molar-refractivity contribution in [3.8, 4) is 17.6 Å². The molecular formula is C20H19F3N2O2. The van der Waals surface area contributed by atoms with Gasteiger partial charge in [0.15, 0.2) is 0 Å². The first-order valence-corrected chi connectivity index (χ1v) is 8.26. The number of ether oxygens (including phenoxy) is 1. The molecule has 0 bridgehead atoms. The Morgan fingerprint density at radius 2 is 1.78 bits per heavy atom. The monoisotopic (exact) mass is 376 g/mol. The maximum Gasteiger partial charge on any atom is 0.416 e. The minimum absolute atomic E-state index is 0.0708. The first-order chi connectivity index (χ1) is 12.9. The summed E-state index contributed by atoms with van der Waals surface area (Å²) in [6, 6.07) is 14.0. The summed E-state index contributed by atoms with van der Waals surface area (Å²) in [5.74, 6) is 5.39. The number of rotatable bonds is 6. The Balaban J connectivity index is 1.62. The summed E-state index contributed by atoms with van der Waals surface area (Å²) in [7, 11) is 0. The van der Waals surface area contributed by atoms with Crippen LogP contribution in [-0.4, -0.2) is 25.7 Å². The number of nitrogens with one attached hydrogen (secondary N) is 2. The van der Waals surface area contributed by atoms with Crippen LogP contribution in [0.3, 0.4) is 0 Å². The summed E-state index contributed by atoms with van der Waals surface area (Å²) in [6.07, 6.45) is -3.69. The van der Waals surface area contributed by atoms with Crippen molar-refractivity contribution in [2.24, 2.45) is 0 Å². The van der Waals surface area contributed by atoms with Crippen LogP contribution in [0.15, 0.2) is 54.6 Å². The summed E-state index contributed by atoms with van der Waals surface area (Å²) < 4.78 is 42.9. The maximum atomic E-state index is 12.6. The molecular weight excluding hydrogens is 357 g/mol. The second-order valence-electron chi connectivity index (χ2n) is 5.51. The van der Waals surface area contributed by atoms with Gasteiger partial charge in [0.05, 0.1) is 12.1 Å². The third-order valence-electron chi connectivity index (χ3n) is 3.48. The van der Waals surface area contributed by atoms with Crippen molar-refractivity contribution in [3.05, 3.63) is 65.7 Å². The van der Waals surface area contributed by atoms with Crippen LogP contribution in [0.25, 0.3) is 0 Å². The molecule has 0 spiro atoms. The number of halogens is 3. The van der Waals surface area contributed by atoms with E-state index in [2.05, 4.69) is 22.5 Å². The van der Waals surface area contributed by atoms with E-state index in [4.69, 9.17) is 4.74 Å². The smallest absolute Gasteiger partial charge is 0.416 e. The molecule has 7 heteroatoms. The molecule has 2 aromatic rings. The molecule has 0 aromatic heterocycles. The van der Waals surface area contributed by atoms with Gasteiger partial charge in [-0.2, -0.15) is 13.2 Å². The third-order valence-corrected chi connectivity index (χ3v) is 3.48. The largest absolute Gasteiger partial charge is 0.481 e. The topological polar surface area (TPSA) is 50.4 Å². The number of carbonyl (C=O) groups excluding carboxylic acids is 1. The van der Waals surface area contributed by atoms with Gasteiger partial charge < -0.3 is 15.4 Å². The van der Waals surface area contributed by atoms with Crippen molar-refractivity contribution >= 4 is 6.03 Å². The van der Waals surface area contributed by atoms with Gasteiger partial charge in [0.25, 0.3) is 0 Å². The fourth-order valence-corrected chi connectivity index (χ4v) is 2.15. The highest BCUT2D eigenvalue weighted by molar-refractivity contribution is 5.74. The van der Waals surface area contributed by atoms with E-state index in [1.54, 1.807) is 0 Å². The Kier molecular flexibility index (Phi) is 7.56. The average Bonchev–Trinajstić information content (AvgIpc) is 2.65. The molecule has 0 saturated carbocycles. The average molecular weight is 376 g/mol. The zero-order valence-corrected chi connectivity index (χ0v) is 14.5. The SMILES string of the molecule is O=C(NCC#CCOc1cccc(C(F)(F)F)c1)NCCc1ccccc1. The van der Waals surface area contributed by atoms with Crippen LogP contribution in [0.1, 0.15) is 11.1 Å². The molecule has 0 fully saturated rings. The molecule has 142 valence electrons. The summed E-state index contributed by atoms with van der Waals surface area (Å²) >= 11 is 0. The van der Waals surface area contributed by atoms with Gasteiger partial charge in [0.2, 0.25) is 0 Å².